The second-order valence-electron chi connectivity index (χ2n) is 5.85. The van der Waals surface area contributed by atoms with E-state index >= 15 is 0 Å². The zero-order valence-corrected chi connectivity index (χ0v) is 13.2. The van der Waals surface area contributed by atoms with Crippen LogP contribution >= 0.6 is 0 Å². The first-order chi connectivity index (χ1) is 11.0. The summed E-state index contributed by atoms with van der Waals surface area (Å²) < 4.78 is 0. The van der Waals surface area contributed by atoms with Gasteiger partial charge in [-0.15, -0.1) is 0 Å². The van der Waals surface area contributed by atoms with Crippen LogP contribution in [-0.4, -0.2) is 27.7 Å². The second-order valence-corrected chi connectivity index (χ2v) is 5.85. The molecule has 2 amide bonds. The molecule has 118 valence electrons. The predicted molar refractivity (Wildman–Crippen MR) is 87.8 cm³/mol. The zero-order valence-electron chi connectivity index (χ0n) is 13.2. The Kier molecular flexibility index (Phi) is 4.10. The fraction of sp³-hybridized carbons (Fsp3) is 0.278. The molecule has 0 fully saturated rings. The van der Waals surface area contributed by atoms with Gasteiger partial charge < -0.3 is 10.2 Å². The van der Waals surface area contributed by atoms with Crippen LogP contribution in [0.25, 0.3) is 0 Å². The van der Waals surface area contributed by atoms with Crippen molar-refractivity contribution in [2.45, 2.75) is 32.9 Å². The van der Waals surface area contributed by atoms with Gasteiger partial charge in [-0.25, -0.2) is 4.98 Å². The van der Waals surface area contributed by atoms with Crippen molar-refractivity contribution in [2.75, 3.05) is 5.32 Å². The van der Waals surface area contributed by atoms with Crippen LogP contribution in [-0.2, 0) is 22.6 Å². The van der Waals surface area contributed by atoms with Crippen molar-refractivity contribution in [1.82, 2.24) is 9.88 Å². The number of hydrogen-bond acceptors (Lipinski definition) is 3. The standard InChI is InChI=1S/C18H19N3O2/c1-12-7-8-17(19-10-12)20-18(23)16-9-14-5-3-4-6-15(14)11-21(16)13(2)22/h3-8,10,16H,9,11H2,1-2H3,(H,19,20,23). The molecule has 3 rings (SSSR count). The zero-order chi connectivity index (χ0) is 16.4. The number of benzene rings is 1. The van der Waals surface area contributed by atoms with E-state index in [1.165, 1.54) is 6.92 Å². The quantitative estimate of drug-likeness (QED) is 0.926. The lowest BCUT2D eigenvalue weighted by Crippen LogP contribution is -2.50. The number of nitrogens with one attached hydrogen (secondary N) is 1. The van der Waals surface area contributed by atoms with Gasteiger partial charge in [0.05, 0.1) is 0 Å². The van der Waals surface area contributed by atoms with E-state index in [9.17, 15) is 9.59 Å². The van der Waals surface area contributed by atoms with Crippen LogP contribution in [0.4, 0.5) is 5.82 Å². The van der Waals surface area contributed by atoms with Crippen LogP contribution in [0.15, 0.2) is 42.6 Å². The van der Waals surface area contributed by atoms with Gasteiger partial charge in [-0.2, -0.15) is 0 Å². The van der Waals surface area contributed by atoms with Gasteiger partial charge in [-0.05, 0) is 29.7 Å². The Bertz CT molecular complexity index is 740. The number of amides is 2. The maximum absolute atomic E-state index is 12.6. The summed E-state index contributed by atoms with van der Waals surface area (Å²) in [5.74, 6) is 0.200. The summed E-state index contributed by atoms with van der Waals surface area (Å²) in [6, 6.07) is 11.1. The van der Waals surface area contributed by atoms with Crippen molar-refractivity contribution < 1.29 is 9.59 Å². The first-order valence-corrected chi connectivity index (χ1v) is 7.62. The lowest BCUT2D eigenvalue weighted by Gasteiger charge is -2.35. The number of nitrogens with zero attached hydrogens (tertiary/aromatic N) is 2. The average molecular weight is 309 g/mol. The molecule has 23 heavy (non-hydrogen) atoms. The van der Waals surface area contributed by atoms with Crippen molar-refractivity contribution in [2.24, 2.45) is 0 Å². The van der Waals surface area contributed by atoms with Gasteiger partial charge in [0.1, 0.15) is 11.9 Å². The van der Waals surface area contributed by atoms with E-state index in [0.29, 0.717) is 18.8 Å². The van der Waals surface area contributed by atoms with Crippen molar-refractivity contribution in [3.8, 4) is 0 Å². The van der Waals surface area contributed by atoms with Gasteiger partial charge in [0.25, 0.3) is 0 Å². The Balaban J connectivity index is 1.83. The van der Waals surface area contributed by atoms with Crippen molar-refractivity contribution >= 4 is 17.6 Å². The number of pyridine rings is 1. The fourth-order valence-electron chi connectivity index (χ4n) is 2.84. The molecule has 5 heteroatoms. The summed E-state index contributed by atoms with van der Waals surface area (Å²) >= 11 is 0. The van der Waals surface area contributed by atoms with Crippen LogP contribution in [0.2, 0.25) is 0 Å². The van der Waals surface area contributed by atoms with Gasteiger partial charge in [0.15, 0.2) is 0 Å². The van der Waals surface area contributed by atoms with Gasteiger partial charge in [-0.1, -0.05) is 30.3 Å². The predicted octanol–water partition coefficient (Wildman–Crippen LogP) is 2.30. The highest BCUT2D eigenvalue weighted by molar-refractivity contribution is 5.96. The van der Waals surface area contributed by atoms with Crippen LogP contribution in [0.5, 0.6) is 0 Å². The lowest BCUT2D eigenvalue weighted by atomic mass is 9.93. The monoisotopic (exact) mass is 309 g/mol. The minimum absolute atomic E-state index is 0.100. The Morgan fingerprint density at radius 3 is 2.57 bits per heavy atom. The molecule has 0 radical (unpaired) electrons. The summed E-state index contributed by atoms with van der Waals surface area (Å²) in [5, 5.41) is 2.81. The van der Waals surface area contributed by atoms with Crippen LogP contribution in [0, 0.1) is 6.92 Å². The first-order valence-electron chi connectivity index (χ1n) is 7.62. The summed E-state index contributed by atoms with van der Waals surface area (Å²) in [6.45, 7) is 3.90. The number of carbonyl (C=O) groups excluding carboxylic acids is 2. The highest BCUT2D eigenvalue weighted by Gasteiger charge is 2.33. The van der Waals surface area contributed by atoms with E-state index < -0.39 is 6.04 Å². The van der Waals surface area contributed by atoms with E-state index in [1.54, 1.807) is 17.2 Å². The Labute approximate surface area is 135 Å². The molecule has 1 aromatic heterocycles. The normalized spacial score (nSPS) is 16.6. The smallest absolute Gasteiger partial charge is 0.248 e. The van der Waals surface area contributed by atoms with Crippen molar-refractivity contribution in [3.63, 3.8) is 0 Å². The third-order valence-electron chi connectivity index (χ3n) is 4.12. The number of fused-ring (bicyclic) bond motifs is 1. The van der Waals surface area contributed by atoms with Gasteiger partial charge >= 0.3 is 0 Å². The minimum atomic E-state index is -0.509. The number of anilines is 1. The van der Waals surface area contributed by atoms with Crippen molar-refractivity contribution in [1.29, 1.82) is 0 Å². The summed E-state index contributed by atoms with van der Waals surface area (Å²) in [6.07, 6.45) is 2.22. The van der Waals surface area contributed by atoms with E-state index in [2.05, 4.69) is 10.3 Å². The van der Waals surface area contributed by atoms with Crippen LogP contribution < -0.4 is 5.32 Å². The molecular formula is C18H19N3O2. The van der Waals surface area contributed by atoms with Gasteiger partial charge in [0, 0.05) is 26.1 Å². The maximum atomic E-state index is 12.6. The van der Waals surface area contributed by atoms with E-state index in [-0.39, 0.29) is 11.8 Å². The number of hydrogen-bond donors (Lipinski definition) is 1. The molecule has 1 aliphatic rings. The van der Waals surface area contributed by atoms with Crippen molar-refractivity contribution in [3.05, 3.63) is 59.3 Å². The second kappa shape index (κ2) is 6.20. The molecule has 1 aliphatic heterocycles. The Hall–Kier alpha value is -2.69. The number of rotatable bonds is 2. The maximum Gasteiger partial charge on any atom is 0.248 e. The highest BCUT2D eigenvalue weighted by Crippen LogP contribution is 2.24. The number of carbonyl (C=O) groups is 2. The van der Waals surface area contributed by atoms with Crippen LogP contribution in [0.3, 0.4) is 0 Å². The highest BCUT2D eigenvalue weighted by atomic mass is 16.2. The molecule has 0 bridgehead atoms. The fourth-order valence-corrected chi connectivity index (χ4v) is 2.84. The molecule has 1 aromatic carbocycles. The molecule has 1 N–H and O–H groups in total. The molecule has 1 atom stereocenters. The molecule has 2 aromatic rings. The van der Waals surface area contributed by atoms with E-state index in [0.717, 1.165) is 16.7 Å². The molecule has 5 nitrogen and oxygen atoms in total. The number of aryl methyl sites for hydroxylation is 1. The summed E-state index contributed by atoms with van der Waals surface area (Å²) in [4.78, 5) is 30.4. The molecule has 0 aliphatic carbocycles. The Morgan fingerprint density at radius 2 is 1.91 bits per heavy atom. The molecule has 2 heterocycles. The van der Waals surface area contributed by atoms with E-state index in [4.69, 9.17) is 0 Å². The average Bonchev–Trinajstić information content (AvgIpc) is 2.55. The van der Waals surface area contributed by atoms with Gasteiger partial charge in [0.2, 0.25) is 11.8 Å². The Morgan fingerprint density at radius 1 is 1.17 bits per heavy atom. The SMILES string of the molecule is CC(=O)N1Cc2ccccc2CC1C(=O)Nc1ccc(C)cn1. The first kappa shape index (κ1) is 15.2. The topological polar surface area (TPSA) is 62.3 Å². The van der Waals surface area contributed by atoms with Crippen LogP contribution in [0.1, 0.15) is 23.6 Å². The van der Waals surface area contributed by atoms with Gasteiger partial charge in [-0.3, -0.25) is 9.59 Å². The molecule has 0 saturated heterocycles. The molecule has 0 saturated carbocycles. The molecular weight excluding hydrogens is 290 g/mol. The van der Waals surface area contributed by atoms with E-state index in [1.807, 2.05) is 37.3 Å². The number of aromatic nitrogens is 1. The third kappa shape index (κ3) is 3.23. The largest absolute Gasteiger partial charge is 0.326 e. The third-order valence-corrected chi connectivity index (χ3v) is 4.12. The summed E-state index contributed by atoms with van der Waals surface area (Å²) in [5.41, 5.74) is 3.24. The minimum Gasteiger partial charge on any atom is -0.326 e. The summed E-state index contributed by atoms with van der Waals surface area (Å²) in [7, 11) is 0. The molecule has 0 spiro atoms. The lowest BCUT2D eigenvalue weighted by molar-refractivity contribution is -0.138. The molecule has 1 unspecified atom stereocenters.